The van der Waals surface area contributed by atoms with Crippen LogP contribution in [-0.4, -0.2) is 23.9 Å². The first-order valence-electron chi connectivity index (χ1n) is 5.69. The molecule has 0 aromatic rings. The van der Waals surface area contributed by atoms with Crippen LogP contribution >= 0.6 is 0 Å². The lowest BCUT2D eigenvalue weighted by atomic mass is 9.98. The number of hydrogen-bond donors (Lipinski definition) is 0. The molecule has 80 valence electrons. The first kappa shape index (κ1) is 11.3. The van der Waals surface area contributed by atoms with Gasteiger partial charge in [-0.1, -0.05) is 26.3 Å². The van der Waals surface area contributed by atoms with Gasteiger partial charge in [-0.2, -0.15) is 0 Å². The zero-order valence-corrected chi connectivity index (χ0v) is 9.17. The Kier molecular flexibility index (Phi) is 4.71. The van der Waals surface area contributed by atoms with E-state index < -0.39 is 0 Å². The molecule has 0 N–H and O–H groups in total. The Morgan fingerprint density at radius 1 is 1.57 bits per heavy atom. The van der Waals surface area contributed by atoms with Crippen molar-refractivity contribution in [1.82, 2.24) is 4.90 Å². The van der Waals surface area contributed by atoms with E-state index in [0.29, 0.717) is 5.92 Å². The van der Waals surface area contributed by atoms with E-state index >= 15 is 0 Å². The summed E-state index contributed by atoms with van der Waals surface area (Å²) in [5.41, 5.74) is 0. The molecule has 0 aromatic carbocycles. The van der Waals surface area contributed by atoms with Crippen LogP contribution in [0.25, 0.3) is 0 Å². The number of hydrogen-bond acceptors (Lipinski definition) is 1. The van der Waals surface area contributed by atoms with Crippen LogP contribution in [0.5, 0.6) is 0 Å². The molecular weight excluding hydrogens is 174 g/mol. The number of likely N-dealkylation sites (tertiary alicyclic amines) is 1. The van der Waals surface area contributed by atoms with Gasteiger partial charge < -0.3 is 4.90 Å². The molecule has 1 aliphatic rings. The molecule has 14 heavy (non-hydrogen) atoms. The van der Waals surface area contributed by atoms with Crippen molar-refractivity contribution >= 4 is 5.91 Å². The predicted octanol–water partition coefficient (Wildman–Crippen LogP) is 2.60. The molecule has 1 heterocycles. The Morgan fingerprint density at radius 3 is 3.00 bits per heavy atom. The van der Waals surface area contributed by atoms with Crippen LogP contribution in [0.1, 0.15) is 39.0 Å². The molecule has 1 aliphatic heterocycles. The molecule has 0 bridgehead atoms. The topological polar surface area (TPSA) is 20.3 Å². The normalized spacial score (nSPS) is 22.9. The van der Waals surface area contributed by atoms with Gasteiger partial charge in [0.25, 0.3) is 0 Å². The number of nitrogens with zero attached hydrogens (tertiary/aromatic N) is 1. The van der Waals surface area contributed by atoms with E-state index in [0.717, 1.165) is 19.5 Å². The molecule has 1 atom stereocenters. The highest BCUT2D eigenvalue weighted by Crippen LogP contribution is 2.20. The molecule has 0 saturated carbocycles. The number of carbonyl (C=O) groups excluding carboxylic acids is 1. The third-order valence-corrected chi connectivity index (χ3v) is 2.95. The standard InChI is InChI=1S/C12H21NO/c1-3-7-11-8-5-6-9-13(10-11)12(14)4-2/h4,11H,2-3,5-10H2,1H3. The first-order chi connectivity index (χ1) is 6.77. The maximum absolute atomic E-state index is 11.5. The minimum absolute atomic E-state index is 0.105. The van der Waals surface area contributed by atoms with Crippen LogP contribution in [0.4, 0.5) is 0 Å². The van der Waals surface area contributed by atoms with Crippen molar-refractivity contribution in [2.75, 3.05) is 13.1 Å². The summed E-state index contributed by atoms with van der Waals surface area (Å²) in [5.74, 6) is 0.819. The van der Waals surface area contributed by atoms with Gasteiger partial charge in [0.2, 0.25) is 5.91 Å². The Bertz CT molecular complexity index is 200. The molecule has 2 heteroatoms. The second kappa shape index (κ2) is 5.84. The van der Waals surface area contributed by atoms with Crippen LogP contribution in [0.3, 0.4) is 0 Å². The molecule has 1 saturated heterocycles. The second-order valence-corrected chi connectivity index (χ2v) is 4.14. The minimum Gasteiger partial charge on any atom is -0.339 e. The summed E-state index contributed by atoms with van der Waals surface area (Å²) < 4.78 is 0. The molecule has 0 aliphatic carbocycles. The smallest absolute Gasteiger partial charge is 0.245 e. The van der Waals surface area contributed by atoms with Crippen LogP contribution in [0.2, 0.25) is 0 Å². The lowest BCUT2D eigenvalue weighted by Crippen LogP contribution is -2.33. The van der Waals surface area contributed by atoms with E-state index in [1.54, 1.807) is 0 Å². The molecule has 1 fully saturated rings. The fraction of sp³-hybridized carbons (Fsp3) is 0.750. The summed E-state index contributed by atoms with van der Waals surface area (Å²) in [6.45, 7) is 7.62. The summed E-state index contributed by atoms with van der Waals surface area (Å²) in [6, 6.07) is 0. The molecule has 0 aromatic heterocycles. The second-order valence-electron chi connectivity index (χ2n) is 4.14. The van der Waals surface area contributed by atoms with Crippen molar-refractivity contribution in [1.29, 1.82) is 0 Å². The summed E-state index contributed by atoms with van der Waals surface area (Å²) >= 11 is 0. The van der Waals surface area contributed by atoms with Crippen LogP contribution < -0.4 is 0 Å². The highest BCUT2D eigenvalue weighted by atomic mass is 16.2. The van der Waals surface area contributed by atoms with Crippen LogP contribution in [0, 0.1) is 5.92 Å². The third-order valence-electron chi connectivity index (χ3n) is 2.95. The van der Waals surface area contributed by atoms with Crippen molar-refractivity contribution in [2.45, 2.75) is 39.0 Å². The van der Waals surface area contributed by atoms with Gasteiger partial charge in [0.15, 0.2) is 0 Å². The van der Waals surface area contributed by atoms with Gasteiger partial charge in [0, 0.05) is 13.1 Å². The van der Waals surface area contributed by atoms with Gasteiger partial charge in [0.05, 0.1) is 0 Å². The zero-order valence-electron chi connectivity index (χ0n) is 9.17. The summed E-state index contributed by atoms with van der Waals surface area (Å²) in [4.78, 5) is 13.4. The number of carbonyl (C=O) groups is 1. The highest BCUT2D eigenvalue weighted by molar-refractivity contribution is 5.86. The maximum atomic E-state index is 11.5. The molecule has 1 rings (SSSR count). The largest absolute Gasteiger partial charge is 0.339 e. The van der Waals surface area contributed by atoms with Gasteiger partial charge in [0.1, 0.15) is 0 Å². The lowest BCUT2D eigenvalue weighted by molar-refractivity contribution is -0.126. The average molecular weight is 195 g/mol. The summed E-state index contributed by atoms with van der Waals surface area (Å²) in [7, 11) is 0. The van der Waals surface area contributed by atoms with Gasteiger partial charge in [-0.05, 0) is 31.3 Å². The maximum Gasteiger partial charge on any atom is 0.245 e. The number of amides is 1. The van der Waals surface area contributed by atoms with Gasteiger partial charge in [-0.3, -0.25) is 4.79 Å². The lowest BCUT2D eigenvalue weighted by Gasteiger charge is -2.22. The quantitative estimate of drug-likeness (QED) is 0.634. The van der Waals surface area contributed by atoms with E-state index in [1.807, 2.05) is 4.90 Å². The fourth-order valence-electron chi connectivity index (χ4n) is 2.20. The molecule has 1 amide bonds. The Hall–Kier alpha value is -0.790. The van der Waals surface area contributed by atoms with Crippen molar-refractivity contribution in [3.8, 4) is 0 Å². The van der Waals surface area contributed by atoms with Crippen LogP contribution in [-0.2, 0) is 4.79 Å². The monoisotopic (exact) mass is 195 g/mol. The minimum atomic E-state index is 0.105. The van der Waals surface area contributed by atoms with E-state index in [1.165, 1.54) is 31.8 Å². The summed E-state index contributed by atoms with van der Waals surface area (Å²) in [6.07, 6.45) is 7.62. The SMILES string of the molecule is C=CC(=O)N1CCCCC(CCC)C1. The fourth-order valence-corrected chi connectivity index (χ4v) is 2.20. The zero-order chi connectivity index (χ0) is 10.4. The summed E-state index contributed by atoms with van der Waals surface area (Å²) in [5, 5.41) is 0. The molecule has 0 spiro atoms. The van der Waals surface area contributed by atoms with Crippen molar-refractivity contribution < 1.29 is 4.79 Å². The molecule has 1 unspecified atom stereocenters. The Labute approximate surface area is 87.0 Å². The third kappa shape index (κ3) is 3.17. The predicted molar refractivity (Wildman–Crippen MR) is 59.0 cm³/mol. The van der Waals surface area contributed by atoms with Gasteiger partial charge in [-0.15, -0.1) is 0 Å². The van der Waals surface area contributed by atoms with Gasteiger partial charge >= 0.3 is 0 Å². The van der Waals surface area contributed by atoms with Crippen molar-refractivity contribution in [3.05, 3.63) is 12.7 Å². The van der Waals surface area contributed by atoms with Crippen molar-refractivity contribution in [2.24, 2.45) is 5.92 Å². The molecule has 2 nitrogen and oxygen atoms in total. The highest BCUT2D eigenvalue weighted by Gasteiger charge is 2.19. The van der Waals surface area contributed by atoms with E-state index in [4.69, 9.17) is 0 Å². The average Bonchev–Trinajstić information content (AvgIpc) is 2.43. The van der Waals surface area contributed by atoms with Gasteiger partial charge in [-0.25, -0.2) is 0 Å². The van der Waals surface area contributed by atoms with E-state index in [2.05, 4.69) is 13.5 Å². The number of rotatable bonds is 3. The van der Waals surface area contributed by atoms with Crippen LogP contribution in [0.15, 0.2) is 12.7 Å². The van der Waals surface area contributed by atoms with E-state index in [-0.39, 0.29) is 5.91 Å². The van der Waals surface area contributed by atoms with Crippen molar-refractivity contribution in [3.63, 3.8) is 0 Å². The Morgan fingerprint density at radius 2 is 2.36 bits per heavy atom. The molecule has 0 radical (unpaired) electrons. The first-order valence-corrected chi connectivity index (χ1v) is 5.69. The Balaban J connectivity index is 2.50. The van der Waals surface area contributed by atoms with E-state index in [9.17, 15) is 4.79 Å². The molecular formula is C12H21NO.